The lowest BCUT2D eigenvalue weighted by Gasteiger charge is -2.29. The van der Waals surface area contributed by atoms with Gasteiger partial charge in [-0.3, -0.25) is 24.1 Å². The predicted molar refractivity (Wildman–Crippen MR) is 98.3 cm³/mol. The van der Waals surface area contributed by atoms with Crippen molar-refractivity contribution in [1.29, 1.82) is 0 Å². The van der Waals surface area contributed by atoms with E-state index in [1.807, 2.05) is 0 Å². The molecule has 8 heteroatoms. The van der Waals surface area contributed by atoms with Gasteiger partial charge in [-0.1, -0.05) is 12.6 Å². The normalized spacial score (nSPS) is 19.7. The molecule has 0 spiro atoms. The molecule has 0 radical (unpaired) electrons. The molecule has 27 heavy (non-hydrogen) atoms. The highest BCUT2D eigenvalue weighted by Gasteiger charge is 2.41. The minimum atomic E-state index is -0.854. The van der Waals surface area contributed by atoms with Gasteiger partial charge in [0.25, 0.3) is 17.7 Å². The van der Waals surface area contributed by atoms with Crippen LogP contribution in [-0.2, 0) is 14.4 Å². The Labute approximate surface area is 156 Å². The largest absolute Gasteiger partial charge is 0.351 e. The molecule has 2 heterocycles. The fraction of sp³-hybridized carbons (Fsp3) is 0.263. The first-order valence-corrected chi connectivity index (χ1v) is 8.44. The summed E-state index contributed by atoms with van der Waals surface area (Å²) < 4.78 is 0. The first kappa shape index (κ1) is 18.4. The molecule has 4 amide bonds. The van der Waals surface area contributed by atoms with Crippen LogP contribution in [0, 0.1) is 0 Å². The number of hydrogen-bond acceptors (Lipinski definition) is 5. The topological polar surface area (TPSA) is 98.8 Å². The Morgan fingerprint density at radius 3 is 2.70 bits per heavy atom. The second-order valence-corrected chi connectivity index (χ2v) is 6.62. The first-order chi connectivity index (χ1) is 12.8. The molecule has 0 saturated carbocycles. The van der Waals surface area contributed by atoms with E-state index in [2.05, 4.69) is 17.2 Å². The Bertz CT molecular complexity index is 887. The molecule has 0 bridgehead atoms. The lowest BCUT2D eigenvalue weighted by molar-refractivity contribution is -0.146. The maximum absolute atomic E-state index is 12.7. The maximum atomic E-state index is 12.7. The zero-order valence-electron chi connectivity index (χ0n) is 15.1. The van der Waals surface area contributed by atoms with Crippen LogP contribution >= 0.6 is 0 Å². The van der Waals surface area contributed by atoms with Crippen molar-refractivity contribution in [3.05, 3.63) is 53.9 Å². The molecule has 1 aromatic rings. The van der Waals surface area contributed by atoms with Crippen LogP contribution in [0.4, 0.5) is 5.69 Å². The number of nitrogens with zero attached hydrogens (tertiary/aromatic N) is 2. The fourth-order valence-electron chi connectivity index (χ4n) is 3.02. The van der Waals surface area contributed by atoms with Crippen molar-refractivity contribution in [2.45, 2.75) is 18.9 Å². The van der Waals surface area contributed by atoms with E-state index in [1.54, 1.807) is 38.4 Å². The number of imide groups is 1. The highest BCUT2D eigenvalue weighted by atomic mass is 16.2. The Morgan fingerprint density at radius 2 is 2.04 bits per heavy atom. The molecule has 8 nitrogen and oxygen atoms in total. The second-order valence-electron chi connectivity index (χ2n) is 6.62. The first-order valence-electron chi connectivity index (χ1n) is 8.44. The lowest BCUT2D eigenvalue weighted by atomic mass is 10.0. The molecule has 3 rings (SSSR count). The molecule has 2 aliphatic heterocycles. The summed E-state index contributed by atoms with van der Waals surface area (Å²) in [5.74, 6) is -1.71. The van der Waals surface area contributed by atoms with Gasteiger partial charge in [0, 0.05) is 37.1 Å². The van der Waals surface area contributed by atoms with Crippen molar-refractivity contribution in [1.82, 2.24) is 15.1 Å². The summed E-state index contributed by atoms with van der Waals surface area (Å²) in [5, 5.41) is 5.45. The third-order valence-corrected chi connectivity index (χ3v) is 4.38. The molecule has 0 aromatic heterocycles. The molecule has 2 aliphatic rings. The van der Waals surface area contributed by atoms with Gasteiger partial charge < -0.3 is 15.5 Å². The third-order valence-electron chi connectivity index (χ3n) is 4.38. The van der Waals surface area contributed by atoms with E-state index in [4.69, 9.17) is 0 Å². The van der Waals surface area contributed by atoms with Crippen LogP contribution in [0.1, 0.15) is 23.2 Å². The monoisotopic (exact) mass is 368 g/mol. The molecular weight excluding hydrogens is 348 g/mol. The molecule has 1 unspecified atom stereocenters. The van der Waals surface area contributed by atoms with Crippen molar-refractivity contribution in [3.63, 3.8) is 0 Å². The van der Waals surface area contributed by atoms with E-state index in [1.165, 1.54) is 11.0 Å². The van der Waals surface area contributed by atoms with Crippen LogP contribution in [0.25, 0.3) is 0 Å². The Kier molecular flexibility index (Phi) is 4.81. The Hall–Kier alpha value is -3.42. The molecule has 140 valence electrons. The van der Waals surface area contributed by atoms with Crippen LogP contribution in [0.2, 0.25) is 0 Å². The van der Waals surface area contributed by atoms with E-state index in [-0.39, 0.29) is 11.6 Å². The zero-order valence-corrected chi connectivity index (χ0v) is 15.1. The summed E-state index contributed by atoms with van der Waals surface area (Å²) in [7, 11) is 3.29. The molecular formula is C19H20N4O4. The third kappa shape index (κ3) is 3.59. The molecule has 1 atom stereocenters. The average molecular weight is 368 g/mol. The van der Waals surface area contributed by atoms with Crippen molar-refractivity contribution < 1.29 is 19.2 Å². The van der Waals surface area contributed by atoms with E-state index in [9.17, 15) is 19.2 Å². The maximum Gasteiger partial charge on any atom is 0.278 e. The van der Waals surface area contributed by atoms with Gasteiger partial charge in [0.15, 0.2) is 0 Å². The Morgan fingerprint density at radius 1 is 1.30 bits per heavy atom. The van der Waals surface area contributed by atoms with Crippen LogP contribution < -0.4 is 10.6 Å². The van der Waals surface area contributed by atoms with E-state index in [0.29, 0.717) is 29.8 Å². The lowest BCUT2D eigenvalue weighted by Crippen LogP contribution is -2.52. The summed E-state index contributed by atoms with van der Waals surface area (Å²) in [6.07, 6.45) is 2.01. The molecule has 1 aromatic carbocycles. The second kappa shape index (κ2) is 7.06. The number of carbonyl (C=O) groups is 4. The minimum absolute atomic E-state index is 0.0617. The smallest absolute Gasteiger partial charge is 0.278 e. The zero-order chi connectivity index (χ0) is 19.7. The number of anilines is 1. The van der Waals surface area contributed by atoms with Crippen LogP contribution in [0.15, 0.2) is 48.3 Å². The fourth-order valence-corrected chi connectivity index (χ4v) is 3.02. The standard InChI is InChI=1S/C19H20N4O4/c1-11-7-8-15(17(25)20-11)23-16(24)10-14(19(23)27)21-13-6-4-5-12(9-13)18(26)22(2)3/h4-6,9-10,15,21H,1,7-8H2,2-3H3,(H,20,25). The number of rotatable bonds is 4. The van der Waals surface area contributed by atoms with Gasteiger partial charge in [-0.25, -0.2) is 0 Å². The average Bonchev–Trinajstić information content (AvgIpc) is 2.88. The van der Waals surface area contributed by atoms with E-state index >= 15 is 0 Å². The van der Waals surface area contributed by atoms with Gasteiger partial charge in [0.1, 0.15) is 11.7 Å². The number of benzene rings is 1. The number of hydrogen-bond donors (Lipinski definition) is 2. The predicted octanol–water partition coefficient (Wildman–Crippen LogP) is 0.845. The van der Waals surface area contributed by atoms with Crippen molar-refractivity contribution in [2.75, 3.05) is 19.4 Å². The van der Waals surface area contributed by atoms with Gasteiger partial charge in [0.05, 0.1) is 0 Å². The van der Waals surface area contributed by atoms with E-state index < -0.39 is 23.8 Å². The summed E-state index contributed by atoms with van der Waals surface area (Å²) >= 11 is 0. The summed E-state index contributed by atoms with van der Waals surface area (Å²) in [5.41, 5.74) is 1.58. The molecule has 2 N–H and O–H groups in total. The van der Waals surface area contributed by atoms with Crippen molar-refractivity contribution in [2.24, 2.45) is 0 Å². The summed E-state index contributed by atoms with van der Waals surface area (Å²) in [4.78, 5) is 51.6. The highest BCUT2D eigenvalue weighted by molar-refractivity contribution is 6.19. The van der Waals surface area contributed by atoms with Crippen LogP contribution in [-0.4, -0.2) is 53.6 Å². The van der Waals surface area contributed by atoms with Crippen LogP contribution in [0.3, 0.4) is 0 Å². The van der Waals surface area contributed by atoms with Crippen LogP contribution in [0.5, 0.6) is 0 Å². The molecule has 0 aliphatic carbocycles. The molecule has 1 saturated heterocycles. The Balaban J connectivity index is 1.77. The number of nitrogens with one attached hydrogen (secondary N) is 2. The van der Waals surface area contributed by atoms with Crippen molar-refractivity contribution in [3.8, 4) is 0 Å². The van der Waals surface area contributed by atoms with Gasteiger partial charge in [-0.15, -0.1) is 0 Å². The minimum Gasteiger partial charge on any atom is -0.351 e. The number of allylic oxidation sites excluding steroid dienone is 1. The number of carbonyl (C=O) groups excluding carboxylic acids is 4. The number of amides is 4. The van der Waals surface area contributed by atoms with E-state index in [0.717, 1.165) is 4.90 Å². The van der Waals surface area contributed by atoms with Gasteiger partial charge in [0.2, 0.25) is 5.91 Å². The SMILES string of the molecule is C=C1CCC(N2C(=O)C=C(Nc3cccc(C(=O)N(C)C)c3)C2=O)C(=O)N1. The quantitative estimate of drug-likeness (QED) is 0.768. The van der Waals surface area contributed by atoms with Crippen molar-refractivity contribution >= 4 is 29.3 Å². The van der Waals surface area contributed by atoms with Gasteiger partial charge in [-0.2, -0.15) is 0 Å². The highest BCUT2D eigenvalue weighted by Crippen LogP contribution is 2.24. The number of piperidine rings is 1. The summed E-state index contributed by atoms with van der Waals surface area (Å²) in [6.45, 7) is 3.69. The van der Waals surface area contributed by atoms with Gasteiger partial charge in [-0.05, 0) is 31.0 Å². The molecule has 1 fully saturated rings. The summed E-state index contributed by atoms with van der Waals surface area (Å²) in [6, 6.07) is 5.77. The van der Waals surface area contributed by atoms with Gasteiger partial charge >= 0.3 is 0 Å².